The number of amides is 1. The summed E-state index contributed by atoms with van der Waals surface area (Å²) in [6, 6.07) is 12.8. The molecule has 0 bridgehead atoms. The van der Waals surface area contributed by atoms with Crippen molar-refractivity contribution in [3.05, 3.63) is 59.9 Å². The fourth-order valence-corrected chi connectivity index (χ4v) is 3.90. The molecule has 1 aromatic heterocycles. The number of carbonyl (C=O) groups excluding carboxylic acids is 1. The van der Waals surface area contributed by atoms with Crippen LogP contribution in [0.5, 0.6) is 5.75 Å². The molecule has 0 aliphatic carbocycles. The number of piperazine rings is 1. The van der Waals surface area contributed by atoms with Crippen LogP contribution >= 0.6 is 0 Å². The first-order valence-electron chi connectivity index (χ1n) is 9.84. The smallest absolute Gasteiger partial charge is 0.237 e. The SMILES string of the molecule is COCC(c1cccc(O)c1)N1CCN(Cc2ccc3c(N)ncnc3c2)C(=O)C1. The Morgan fingerprint density at radius 1 is 1.20 bits per heavy atom. The highest BCUT2D eigenvalue weighted by Gasteiger charge is 2.30. The van der Waals surface area contributed by atoms with Gasteiger partial charge < -0.3 is 20.5 Å². The maximum absolute atomic E-state index is 12.9. The van der Waals surface area contributed by atoms with E-state index in [4.69, 9.17) is 10.5 Å². The lowest BCUT2D eigenvalue weighted by Crippen LogP contribution is -2.51. The van der Waals surface area contributed by atoms with Gasteiger partial charge in [0, 0.05) is 32.1 Å². The normalized spacial score (nSPS) is 16.2. The number of hydrogen-bond acceptors (Lipinski definition) is 7. The van der Waals surface area contributed by atoms with Crippen LogP contribution in [0, 0.1) is 0 Å². The Kier molecular flexibility index (Phi) is 5.78. The average Bonchev–Trinajstić information content (AvgIpc) is 2.74. The van der Waals surface area contributed by atoms with E-state index in [-0.39, 0.29) is 17.7 Å². The zero-order chi connectivity index (χ0) is 21.1. The van der Waals surface area contributed by atoms with Crippen molar-refractivity contribution in [2.24, 2.45) is 0 Å². The van der Waals surface area contributed by atoms with E-state index in [0.29, 0.717) is 32.1 Å². The molecule has 3 N–H and O–H groups in total. The van der Waals surface area contributed by atoms with E-state index in [9.17, 15) is 9.90 Å². The number of anilines is 1. The first-order valence-corrected chi connectivity index (χ1v) is 9.84. The number of aromatic hydroxyl groups is 1. The second kappa shape index (κ2) is 8.64. The molecule has 2 aromatic carbocycles. The molecule has 1 aliphatic heterocycles. The minimum atomic E-state index is -0.0893. The summed E-state index contributed by atoms with van der Waals surface area (Å²) in [5.41, 5.74) is 8.60. The summed E-state index contributed by atoms with van der Waals surface area (Å²) in [5.74, 6) is 0.719. The summed E-state index contributed by atoms with van der Waals surface area (Å²) in [7, 11) is 1.64. The van der Waals surface area contributed by atoms with Crippen molar-refractivity contribution in [1.82, 2.24) is 19.8 Å². The first-order chi connectivity index (χ1) is 14.5. The van der Waals surface area contributed by atoms with Crippen LogP contribution in [0.1, 0.15) is 17.2 Å². The van der Waals surface area contributed by atoms with Gasteiger partial charge in [-0.3, -0.25) is 9.69 Å². The quantitative estimate of drug-likeness (QED) is 0.643. The van der Waals surface area contributed by atoms with Crippen LogP contribution in [0.3, 0.4) is 0 Å². The topological polar surface area (TPSA) is 105 Å². The molecule has 4 rings (SSSR count). The van der Waals surface area contributed by atoms with Crippen LogP contribution in [0.15, 0.2) is 48.8 Å². The highest BCUT2D eigenvalue weighted by molar-refractivity contribution is 5.88. The molecule has 3 aromatic rings. The largest absolute Gasteiger partial charge is 0.508 e. The number of nitrogens with zero attached hydrogens (tertiary/aromatic N) is 4. The number of phenolic OH excluding ortho intramolecular Hbond substituents is 1. The lowest BCUT2D eigenvalue weighted by atomic mass is 10.0. The highest BCUT2D eigenvalue weighted by atomic mass is 16.5. The molecule has 156 valence electrons. The van der Waals surface area contributed by atoms with E-state index >= 15 is 0 Å². The molecule has 1 fully saturated rings. The van der Waals surface area contributed by atoms with E-state index in [1.807, 2.05) is 29.2 Å². The third-order valence-corrected chi connectivity index (χ3v) is 5.47. The van der Waals surface area contributed by atoms with Gasteiger partial charge in [-0.25, -0.2) is 9.97 Å². The number of ether oxygens (including phenoxy) is 1. The van der Waals surface area contributed by atoms with E-state index in [1.54, 1.807) is 25.3 Å². The maximum atomic E-state index is 12.9. The predicted octanol–water partition coefficient (Wildman–Crippen LogP) is 1.95. The third-order valence-electron chi connectivity index (χ3n) is 5.47. The fraction of sp³-hybridized carbons (Fsp3) is 0.318. The summed E-state index contributed by atoms with van der Waals surface area (Å²) >= 11 is 0. The number of nitrogen functional groups attached to an aromatic ring is 1. The van der Waals surface area contributed by atoms with Crippen LogP contribution in [0.2, 0.25) is 0 Å². The summed E-state index contributed by atoms with van der Waals surface area (Å²) < 4.78 is 5.39. The standard InChI is InChI=1S/C22H25N5O3/c1-30-13-20(16-3-2-4-17(28)10-16)26-7-8-27(21(29)12-26)11-15-5-6-18-19(9-15)24-14-25-22(18)23/h2-6,9-10,14,20,28H,7-8,11-13H2,1H3,(H2,23,24,25). The van der Waals surface area contributed by atoms with Crippen molar-refractivity contribution in [3.8, 4) is 5.75 Å². The number of methoxy groups -OCH3 is 1. The Bertz CT molecular complexity index is 1060. The van der Waals surface area contributed by atoms with E-state index in [2.05, 4.69) is 14.9 Å². The molecule has 8 nitrogen and oxygen atoms in total. The molecule has 1 aliphatic rings. The molecule has 1 amide bonds. The lowest BCUT2D eigenvalue weighted by molar-refractivity contribution is -0.138. The Labute approximate surface area is 174 Å². The second-order valence-corrected chi connectivity index (χ2v) is 7.46. The first kappa shape index (κ1) is 20.1. The molecular formula is C22H25N5O3. The number of hydrogen-bond donors (Lipinski definition) is 2. The molecule has 0 saturated carbocycles. The molecule has 1 atom stereocenters. The zero-order valence-electron chi connectivity index (χ0n) is 16.9. The summed E-state index contributed by atoms with van der Waals surface area (Å²) in [5, 5.41) is 10.6. The molecular weight excluding hydrogens is 382 g/mol. The minimum Gasteiger partial charge on any atom is -0.508 e. The Morgan fingerprint density at radius 3 is 2.83 bits per heavy atom. The second-order valence-electron chi connectivity index (χ2n) is 7.46. The summed E-state index contributed by atoms with van der Waals surface area (Å²) in [6.07, 6.45) is 1.45. The van der Waals surface area contributed by atoms with Crippen molar-refractivity contribution in [3.63, 3.8) is 0 Å². The van der Waals surface area contributed by atoms with Gasteiger partial charge in [-0.1, -0.05) is 18.2 Å². The zero-order valence-corrected chi connectivity index (χ0v) is 16.9. The third kappa shape index (κ3) is 4.19. The van der Waals surface area contributed by atoms with Gasteiger partial charge in [0.2, 0.25) is 5.91 Å². The van der Waals surface area contributed by atoms with Gasteiger partial charge in [0.1, 0.15) is 17.9 Å². The van der Waals surface area contributed by atoms with Gasteiger partial charge in [-0.05, 0) is 35.4 Å². The van der Waals surface area contributed by atoms with Gasteiger partial charge in [0.25, 0.3) is 0 Å². The average molecular weight is 407 g/mol. The Hall–Kier alpha value is -3.23. The molecule has 1 unspecified atom stereocenters. The lowest BCUT2D eigenvalue weighted by Gasteiger charge is -2.38. The van der Waals surface area contributed by atoms with Crippen LogP contribution < -0.4 is 5.73 Å². The van der Waals surface area contributed by atoms with Crippen molar-refractivity contribution < 1.29 is 14.6 Å². The number of rotatable bonds is 6. The van der Waals surface area contributed by atoms with Gasteiger partial charge in [0.15, 0.2) is 0 Å². The van der Waals surface area contributed by atoms with Gasteiger partial charge in [-0.2, -0.15) is 0 Å². The minimum absolute atomic E-state index is 0.0600. The Balaban J connectivity index is 1.46. The number of nitrogens with two attached hydrogens (primary N) is 1. The van der Waals surface area contributed by atoms with Gasteiger partial charge in [-0.15, -0.1) is 0 Å². The molecule has 30 heavy (non-hydrogen) atoms. The van der Waals surface area contributed by atoms with E-state index < -0.39 is 0 Å². The number of fused-ring (bicyclic) bond motifs is 1. The molecule has 0 spiro atoms. The van der Waals surface area contributed by atoms with Crippen LogP contribution in [-0.4, -0.2) is 64.1 Å². The van der Waals surface area contributed by atoms with Gasteiger partial charge in [0.05, 0.1) is 24.7 Å². The van der Waals surface area contributed by atoms with Crippen molar-refractivity contribution in [1.29, 1.82) is 0 Å². The van der Waals surface area contributed by atoms with Gasteiger partial charge >= 0.3 is 0 Å². The van der Waals surface area contributed by atoms with Crippen molar-refractivity contribution >= 4 is 22.6 Å². The number of phenols is 1. The van der Waals surface area contributed by atoms with Crippen LogP contribution in [-0.2, 0) is 16.1 Å². The summed E-state index contributed by atoms with van der Waals surface area (Å²) in [4.78, 5) is 25.1. The van der Waals surface area contributed by atoms with Crippen LogP contribution in [0.4, 0.5) is 5.82 Å². The van der Waals surface area contributed by atoms with E-state index in [1.165, 1.54) is 6.33 Å². The van der Waals surface area contributed by atoms with Crippen LogP contribution in [0.25, 0.3) is 10.9 Å². The number of benzene rings is 2. The Morgan fingerprint density at radius 2 is 2.07 bits per heavy atom. The molecule has 1 saturated heterocycles. The number of aromatic nitrogens is 2. The maximum Gasteiger partial charge on any atom is 0.237 e. The fourth-order valence-electron chi connectivity index (χ4n) is 3.90. The van der Waals surface area contributed by atoms with Crippen molar-refractivity contribution in [2.45, 2.75) is 12.6 Å². The molecule has 0 radical (unpaired) electrons. The van der Waals surface area contributed by atoms with E-state index in [0.717, 1.165) is 28.6 Å². The molecule has 8 heteroatoms. The van der Waals surface area contributed by atoms with Crippen molar-refractivity contribution in [2.75, 3.05) is 39.1 Å². The summed E-state index contributed by atoms with van der Waals surface area (Å²) in [6.45, 7) is 2.60. The highest BCUT2D eigenvalue weighted by Crippen LogP contribution is 2.26. The molecule has 2 heterocycles. The monoisotopic (exact) mass is 407 g/mol. The number of carbonyl (C=O) groups is 1. The predicted molar refractivity (Wildman–Crippen MR) is 114 cm³/mol.